The highest BCUT2D eigenvalue weighted by atomic mass is 16.8. The number of hydrogen-bond acceptors (Lipinski definition) is 19. The van der Waals surface area contributed by atoms with E-state index in [0.717, 1.165) is 51.6 Å². The van der Waals surface area contributed by atoms with Gasteiger partial charge in [-0.25, -0.2) is 0 Å². The molecular formula is C45H74O19. The fraction of sp³-hybridized carbons (Fsp3) is 1.00. The van der Waals surface area contributed by atoms with Crippen LogP contribution in [0.15, 0.2) is 0 Å². The van der Waals surface area contributed by atoms with Crippen molar-refractivity contribution in [2.24, 2.45) is 52.3 Å². The predicted octanol–water partition coefficient (Wildman–Crippen LogP) is -1.76. The maximum atomic E-state index is 12.2. The third-order valence-electron chi connectivity index (χ3n) is 18.4. The van der Waals surface area contributed by atoms with Crippen molar-refractivity contribution in [3.63, 3.8) is 0 Å². The average molecular weight is 919 g/mol. The standard InChI is InChI=1S/C45H74O19/c1-18-7-10-45(57-17-18)19(2)30-25(64-45)13-24-22-6-5-20-11-21(12-29(49)44(20,4)23(22)8-9-43(24,30)3)58-40-37(56)35(54)38(28(16-48)61-40)62-42-39(34(53)32(51)27(15-47)60-42)63-41-36(55)33(52)31(50)26(14-46)59-41/h18-42,46-56H,5-17H2,1-4H3. The third-order valence-corrected chi connectivity index (χ3v) is 18.4. The van der Waals surface area contributed by atoms with Crippen molar-refractivity contribution in [1.29, 1.82) is 0 Å². The van der Waals surface area contributed by atoms with Crippen LogP contribution < -0.4 is 0 Å². The molecule has 0 amide bonds. The molecule has 5 heterocycles. The van der Waals surface area contributed by atoms with E-state index >= 15 is 0 Å². The molecule has 4 aliphatic carbocycles. The summed E-state index contributed by atoms with van der Waals surface area (Å²) in [5, 5.41) is 118. The minimum Gasteiger partial charge on any atom is -0.394 e. The van der Waals surface area contributed by atoms with Crippen molar-refractivity contribution >= 4 is 0 Å². The number of ether oxygens (including phenoxy) is 8. The first-order valence-electron chi connectivity index (χ1n) is 23.9. The molecule has 19 heteroatoms. The molecule has 0 aromatic heterocycles. The average Bonchev–Trinajstić information content (AvgIpc) is 3.73. The van der Waals surface area contributed by atoms with Gasteiger partial charge in [-0.2, -0.15) is 0 Å². The van der Waals surface area contributed by atoms with Gasteiger partial charge in [-0.1, -0.05) is 27.7 Å². The molecule has 0 bridgehead atoms. The normalized spacial score (nSPS) is 58.6. The van der Waals surface area contributed by atoms with E-state index in [-0.39, 0.29) is 29.3 Å². The summed E-state index contributed by atoms with van der Waals surface area (Å²) in [6.45, 7) is 7.76. The van der Waals surface area contributed by atoms with Gasteiger partial charge in [0.2, 0.25) is 0 Å². The molecule has 11 N–H and O–H groups in total. The van der Waals surface area contributed by atoms with Crippen molar-refractivity contribution in [3.05, 3.63) is 0 Å². The summed E-state index contributed by atoms with van der Waals surface area (Å²) in [5.74, 6) is 2.25. The Bertz CT molecular complexity index is 1600. The van der Waals surface area contributed by atoms with Crippen LogP contribution in [0.3, 0.4) is 0 Å². The van der Waals surface area contributed by atoms with E-state index in [1.54, 1.807) is 0 Å². The van der Waals surface area contributed by atoms with Gasteiger partial charge in [-0.15, -0.1) is 0 Å². The molecule has 28 atom stereocenters. The largest absolute Gasteiger partial charge is 0.394 e. The highest BCUT2D eigenvalue weighted by molar-refractivity contribution is 5.16. The van der Waals surface area contributed by atoms with Gasteiger partial charge in [0, 0.05) is 18.8 Å². The van der Waals surface area contributed by atoms with E-state index in [9.17, 15) is 56.2 Å². The Morgan fingerprint density at radius 3 is 1.86 bits per heavy atom. The highest BCUT2D eigenvalue weighted by Crippen LogP contribution is 2.71. The molecule has 19 nitrogen and oxygen atoms in total. The molecule has 28 unspecified atom stereocenters. The Kier molecular flexibility index (Phi) is 13.7. The Morgan fingerprint density at radius 2 is 1.19 bits per heavy atom. The molecule has 9 aliphatic rings. The molecule has 0 aromatic carbocycles. The monoisotopic (exact) mass is 918 g/mol. The third kappa shape index (κ3) is 7.76. The number of fused-ring (bicyclic) bond motifs is 7. The number of aliphatic hydroxyl groups excluding tert-OH is 11. The van der Waals surface area contributed by atoms with Crippen LogP contribution in [0.25, 0.3) is 0 Å². The lowest BCUT2D eigenvalue weighted by Gasteiger charge is -2.62. The van der Waals surface area contributed by atoms with E-state index in [0.29, 0.717) is 41.9 Å². The molecule has 1 spiro atoms. The predicted molar refractivity (Wildman–Crippen MR) is 217 cm³/mol. The fourth-order valence-corrected chi connectivity index (χ4v) is 14.7. The van der Waals surface area contributed by atoms with Crippen molar-refractivity contribution in [2.75, 3.05) is 26.4 Å². The van der Waals surface area contributed by atoms with Crippen molar-refractivity contribution in [2.45, 2.75) is 202 Å². The Balaban J connectivity index is 0.848. The van der Waals surface area contributed by atoms with E-state index < -0.39 is 130 Å². The van der Waals surface area contributed by atoms with Gasteiger partial charge in [-0.05, 0) is 91.3 Å². The summed E-state index contributed by atoms with van der Waals surface area (Å²) >= 11 is 0. The van der Waals surface area contributed by atoms with Gasteiger partial charge in [0.25, 0.3) is 0 Å². The van der Waals surface area contributed by atoms with Gasteiger partial charge in [-0.3, -0.25) is 0 Å². The molecule has 64 heavy (non-hydrogen) atoms. The molecule has 9 fully saturated rings. The first-order valence-corrected chi connectivity index (χ1v) is 23.9. The molecule has 0 radical (unpaired) electrons. The van der Waals surface area contributed by atoms with Crippen LogP contribution in [0.1, 0.15) is 85.5 Å². The van der Waals surface area contributed by atoms with E-state index in [1.807, 2.05) is 0 Å². The molecule has 0 aromatic rings. The van der Waals surface area contributed by atoms with E-state index in [2.05, 4.69) is 27.7 Å². The summed E-state index contributed by atoms with van der Waals surface area (Å²) < 4.78 is 48.8. The zero-order valence-corrected chi connectivity index (χ0v) is 37.3. The van der Waals surface area contributed by atoms with Gasteiger partial charge in [0.05, 0.1) is 44.7 Å². The maximum absolute atomic E-state index is 12.2. The van der Waals surface area contributed by atoms with Gasteiger partial charge in [0.15, 0.2) is 24.7 Å². The molecule has 9 rings (SSSR count). The van der Waals surface area contributed by atoms with Crippen LogP contribution in [-0.2, 0) is 37.9 Å². The highest BCUT2D eigenvalue weighted by Gasteiger charge is 2.70. The minimum absolute atomic E-state index is 0.129. The molecule has 5 saturated heterocycles. The lowest BCUT2D eigenvalue weighted by molar-refractivity contribution is -0.390. The van der Waals surface area contributed by atoms with Crippen LogP contribution in [0.2, 0.25) is 0 Å². The first-order chi connectivity index (χ1) is 30.4. The van der Waals surface area contributed by atoms with Crippen LogP contribution in [0.5, 0.6) is 0 Å². The lowest BCUT2D eigenvalue weighted by Crippen LogP contribution is -2.67. The summed E-state index contributed by atoms with van der Waals surface area (Å²) in [7, 11) is 0. The quantitative estimate of drug-likeness (QED) is 0.114. The fourth-order valence-electron chi connectivity index (χ4n) is 14.7. The van der Waals surface area contributed by atoms with Crippen molar-refractivity contribution in [1.82, 2.24) is 0 Å². The van der Waals surface area contributed by atoms with Crippen LogP contribution in [-0.4, -0.2) is 199 Å². The maximum Gasteiger partial charge on any atom is 0.187 e. The lowest BCUT2D eigenvalue weighted by atomic mass is 9.43. The molecule has 368 valence electrons. The minimum atomic E-state index is -1.91. The van der Waals surface area contributed by atoms with Gasteiger partial charge in [0.1, 0.15) is 73.2 Å². The van der Waals surface area contributed by atoms with E-state index in [4.69, 9.17) is 37.9 Å². The number of aliphatic hydroxyl groups is 11. The number of hydrogen-bond donors (Lipinski definition) is 11. The number of rotatable bonds is 9. The Labute approximate surface area is 373 Å². The smallest absolute Gasteiger partial charge is 0.187 e. The van der Waals surface area contributed by atoms with Crippen LogP contribution in [0, 0.1) is 52.3 Å². The van der Waals surface area contributed by atoms with Gasteiger partial charge < -0.3 is 94.1 Å². The zero-order valence-electron chi connectivity index (χ0n) is 37.3. The summed E-state index contributed by atoms with van der Waals surface area (Å²) in [6.07, 6.45) is -18.2. The second kappa shape index (κ2) is 18.2. The Hall–Kier alpha value is -0.760. The topological polar surface area (TPSA) is 296 Å². The van der Waals surface area contributed by atoms with Gasteiger partial charge >= 0.3 is 0 Å². The van der Waals surface area contributed by atoms with Crippen molar-refractivity contribution in [3.8, 4) is 0 Å². The van der Waals surface area contributed by atoms with Crippen LogP contribution >= 0.6 is 0 Å². The summed E-state index contributed by atoms with van der Waals surface area (Å²) in [6, 6.07) is 0. The van der Waals surface area contributed by atoms with Crippen molar-refractivity contribution < 1.29 is 94.1 Å². The molecule has 4 saturated carbocycles. The second-order valence-corrected chi connectivity index (χ2v) is 21.6. The van der Waals surface area contributed by atoms with E-state index in [1.165, 1.54) is 0 Å². The SMILES string of the molecule is CC1CCC2(OC1)OC1CC3C4CCC5CC(OC6OC(CO)C(OC7OC(CO)C(O)C(O)C7OC7OC(CO)C(O)C(O)C7O)C(O)C6O)CC(O)C5(C)C4CCC3(C)C1C2C. The van der Waals surface area contributed by atoms with Crippen LogP contribution in [0.4, 0.5) is 0 Å². The second-order valence-electron chi connectivity index (χ2n) is 21.6. The molecule has 5 aliphatic heterocycles. The first kappa shape index (κ1) is 48.3. The summed E-state index contributed by atoms with van der Waals surface area (Å²) in [5.41, 5.74) is -0.215. The Morgan fingerprint density at radius 1 is 0.578 bits per heavy atom. The molecular weight excluding hydrogens is 844 g/mol. The zero-order chi connectivity index (χ0) is 45.8. The summed E-state index contributed by atoms with van der Waals surface area (Å²) in [4.78, 5) is 0.